The molecule has 35 heavy (non-hydrogen) atoms. The van der Waals surface area contributed by atoms with Crippen LogP contribution in [0.4, 0.5) is 5.69 Å². The maximum absolute atomic E-state index is 13.6. The Morgan fingerprint density at radius 3 is 2.31 bits per heavy atom. The number of methoxy groups -OCH3 is 1. The van der Waals surface area contributed by atoms with Crippen molar-refractivity contribution >= 4 is 39.1 Å². The summed E-state index contributed by atoms with van der Waals surface area (Å²) in [5.41, 5.74) is 1.06. The fourth-order valence-corrected chi connectivity index (χ4v) is 4.51. The van der Waals surface area contributed by atoms with Crippen molar-refractivity contribution in [3.05, 3.63) is 59.1 Å². The van der Waals surface area contributed by atoms with Crippen molar-refractivity contribution < 1.29 is 22.7 Å². The summed E-state index contributed by atoms with van der Waals surface area (Å²) in [6.45, 7) is 5.91. The minimum atomic E-state index is -3.79. The lowest BCUT2D eigenvalue weighted by Crippen LogP contribution is -2.52. The molecular formula is C25H34ClN3O5S. The summed E-state index contributed by atoms with van der Waals surface area (Å²) in [6, 6.07) is 12.6. The predicted octanol–water partition coefficient (Wildman–Crippen LogP) is 3.69. The predicted molar refractivity (Wildman–Crippen MR) is 139 cm³/mol. The van der Waals surface area contributed by atoms with Gasteiger partial charge in [-0.15, -0.1) is 0 Å². The molecule has 0 spiro atoms. The van der Waals surface area contributed by atoms with Crippen LogP contribution in [0.1, 0.15) is 32.8 Å². The number of benzene rings is 2. The number of hydrogen-bond acceptors (Lipinski definition) is 5. The Bertz CT molecular complexity index is 1110. The third-order valence-corrected chi connectivity index (χ3v) is 6.74. The SMILES string of the molecule is CCC(C(=O)NCC(C)C)N(Cc1cccc(OC)c1)C(=O)CN(c1ccc(Cl)cc1)S(C)(=O)=O. The van der Waals surface area contributed by atoms with Gasteiger partial charge in [0.25, 0.3) is 0 Å². The molecule has 1 atom stereocenters. The molecule has 0 saturated carbocycles. The monoisotopic (exact) mass is 523 g/mol. The maximum Gasteiger partial charge on any atom is 0.244 e. The number of rotatable bonds is 12. The molecule has 2 aromatic rings. The van der Waals surface area contributed by atoms with Crippen LogP contribution in [0, 0.1) is 5.92 Å². The summed E-state index contributed by atoms with van der Waals surface area (Å²) < 4.78 is 31.5. The Morgan fingerprint density at radius 1 is 1.11 bits per heavy atom. The maximum atomic E-state index is 13.6. The third kappa shape index (κ3) is 8.43. The van der Waals surface area contributed by atoms with E-state index in [0.29, 0.717) is 29.4 Å². The van der Waals surface area contributed by atoms with Crippen molar-refractivity contribution in [3.8, 4) is 5.75 Å². The zero-order valence-electron chi connectivity index (χ0n) is 20.8. The molecule has 2 rings (SSSR count). The van der Waals surface area contributed by atoms with Gasteiger partial charge in [-0.05, 0) is 54.3 Å². The number of nitrogens with one attached hydrogen (secondary N) is 1. The number of carbonyl (C=O) groups excluding carboxylic acids is 2. The quantitative estimate of drug-likeness (QED) is 0.457. The standard InChI is InChI=1S/C25H34ClN3O5S/c1-6-23(25(31)27-15-18(2)3)28(16-19-8-7-9-22(14-19)34-4)24(30)17-29(35(5,32)33)21-12-10-20(26)11-13-21/h7-14,18,23H,6,15-17H2,1-5H3,(H,27,31). The molecule has 0 radical (unpaired) electrons. The van der Waals surface area contributed by atoms with Crippen molar-refractivity contribution in [1.82, 2.24) is 10.2 Å². The van der Waals surface area contributed by atoms with E-state index >= 15 is 0 Å². The van der Waals surface area contributed by atoms with E-state index < -0.39 is 28.5 Å². The summed E-state index contributed by atoms with van der Waals surface area (Å²) in [5.74, 6) is 0.0744. The van der Waals surface area contributed by atoms with Crippen LogP contribution >= 0.6 is 11.6 Å². The number of nitrogens with zero attached hydrogens (tertiary/aromatic N) is 2. The average Bonchev–Trinajstić information content (AvgIpc) is 2.81. The molecule has 2 aromatic carbocycles. The molecule has 0 saturated heterocycles. The van der Waals surface area contributed by atoms with Crippen LogP contribution in [0.25, 0.3) is 0 Å². The molecule has 8 nitrogen and oxygen atoms in total. The first kappa shape index (κ1) is 28.5. The molecule has 0 aliphatic heterocycles. The van der Waals surface area contributed by atoms with E-state index in [2.05, 4.69) is 5.32 Å². The summed E-state index contributed by atoms with van der Waals surface area (Å²) in [4.78, 5) is 28.1. The van der Waals surface area contributed by atoms with Crippen LogP contribution in [0.3, 0.4) is 0 Å². The van der Waals surface area contributed by atoms with Gasteiger partial charge >= 0.3 is 0 Å². The largest absolute Gasteiger partial charge is 0.497 e. The summed E-state index contributed by atoms with van der Waals surface area (Å²) in [6.07, 6.45) is 1.40. The van der Waals surface area contributed by atoms with Gasteiger partial charge in [-0.25, -0.2) is 8.42 Å². The van der Waals surface area contributed by atoms with Gasteiger partial charge in [0.1, 0.15) is 18.3 Å². The van der Waals surface area contributed by atoms with Gasteiger partial charge in [0.15, 0.2) is 0 Å². The second-order valence-corrected chi connectivity index (χ2v) is 11.0. The molecule has 2 amide bonds. The number of ether oxygens (including phenoxy) is 1. The van der Waals surface area contributed by atoms with E-state index in [1.807, 2.05) is 26.8 Å². The average molecular weight is 524 g/mol. The normalized spacial score (nSPS) is 12.2. The van der Waals surface area contributed by atoms with Gasteiger partial charge in [0.05, 0.1) is 19.1 Å². The minimum Gasteiger partial charge on any atom is -0.497 e. The molecule has 1 unspecified atom stereocenters. The van der Waals surface area contributed by atoms with Crippen LogP contribution in [-0.4, -0.2) is 57.6 Å². The van der Waals surface area contributed by atoms with Crippen LogP contribution < -0.4 is 14.4 Å². The number of sulfonamides is 1. The zero-order chi connectivity index (χ0) is 26.2. The highest BCUT2D eigenvalue weighted by Gasteiger charge is 2.31. The second kappa shape index (κ2) is 12.8. The number of carbonyl (C=O) groups is 2. The molecule has 0 fully saturated rings. The molecule has 0 bridgehead atoms. The van der Waals surface area contributed by atoms with E-state index in [-0.39, 0.29) is 18.4 Å². The number of amides is 2. The van der Waals surface area contributed by atoms with Crippen molar-refractivity contribution in [2.24, 2.45) is 5.92 Å². The fraction of sp³-hybridized carbons (Fsp3) is 0.440. The van der Waals surface area contributed by atoms with Gasteiger partial charge in [0, 0.05) is 18.1 Å². The summed E-state index contributed by atoms with van der Waals surface area (Å²) in [7, 11) is -2.25. The van der Waals surface area contributed by atoms with Crippen molar-refractivity contribution in [2.75, 3.05) is 30.8 Å². The first-order chi connectivity index (χ1) is 16.5. The van der Waals surface area contributed by atoms with Gasteiger partial charge in [-0.3, -0.25) is 13.9 Å². The van der Waals surface area contributed by atoms with E-state index in [0.717, 1.165) is 16.1 Å². The van der Waals surface area contributed by atoms with Gasteiger partial charge < -0.3 is 15.0 Å². The van der Waals surface area contributed by atoms with E-state index in [1.165, 1.54) is 17.0 Å². The van der Waals surface area contributed by atoms with E-state index in [9.17, 15) is 18.0 Å². The lowest BCUT2D eigenvalue weighted by molar-refractivity contribution is -0.140. The Labute approximate surface area is 213 Å². The number of halogens is 1. The van der Waals surface area contributed by atoms with Crippen LogP contribution in [0.15, 0.2) is 48.5 Å². The molecule has 0 aromatic heterocycles. The minimum absolute atomic E-state index is 0.113. The Balaban J connectivity index is 2.42. The number of anilines is 1. The Hall–Kier alpha value is -2.78. The zero-order valence-corrected chi connectivity index (χ0v) is 22.4. The molecule has 1 N–H and O–H groups in total. The first-order valence-electron chi connectivity index (χ1n) is 11.4. The van der Waals surface area contributed by atoms with Crippen molar-refractivity contribution in [3.63, 3.8) is 0 Å². The Kier molecular flexibility index (Phi) is 10.4. The fourth-order valence-electron chi connectivity index (χ4n) is 3.53. The Morgan fingerprint density at radius 2 is 1.77 bits per heavy atom. The van der Waals surface area contributed by atoms with Crippen LogP contribution in [0.2, 0.25) is 5.02 Å². The third-order valence-electron chi connectivity index (χ3n) is 5.35. The molecule has 10 heteroatoms. The molecule has 192 valence electrons. The number of hydrogen-bond donors (Lipinski definition) is 1. The molecule has 0 aliphatic carbocycles. The van der Waals surface area contributed by atoms with E-state index in [4.69, 9.17) is 16.3 Å². The van der Waals surface area contributed by atoms with E-state index in [1.54, 1.807) is 37.4 Å². The lowest BCUT2D eigenvalue weighted by atomic mass is 10.1. The van der Waals surface area contributed by atoms with Crippen molar-refractivity contribution in [2.45, 2.75) is 39.8 Å². The second-order valence-electron chi connectivity index (χ2n) is 8.68. The van der Waals surface area contributed by atoms with Crippen LogP contribution in [0.5, 0.6) is 5.75 Å². The molecular weight excluding hydrogens is 490 g/mol. The molecule has 0 heterocycles. The highest BCUT2D eigenvalue weighted by atomic mass is 35.5. The van der Waals surface area contributed by atoms with Crippen molar-refractivity contribution in [1.29, 1.82) is 0 Å². The molecule has 0 aliphatic rings. The summed E-state index contributed by atoms with van der Waals surface area (Å²) in [5, 5.41) is 3.34. The smallest absolute Gasteiger partial charge is 0.244 e. The van der Waals surface area contributed by atoms with Gasteiger partial charge in [0.2, 0.25) is 21.8 Å². The summed E-state index contributed by atoms with van der Waals surface area (Å²) >= 11 is 5.95. The first-order valence-corrected chi connectivity index (χ1v) is 13.6. The van der Waals surface area contributed by atoms with Gasteiger partial charge in [-0.2, -0.15) is 0 Å². The topological polar surface area (TPSA) is 96.0 Å². The van der Waals surface area contributed by atoms with Crippen LogP contribution in [-0.2, 0) is 26.2 Å². The highest BCUT2D eigenvalue weighted by molar-refractivity contribution is 7.92. The lowest BCUT2D eigenvalue weighted by Gasteiger charge is -2.33. The highest BCUT2D eigenvalue weighted by Crippen LogP contribution is 2.22. The van der Waals surface area contributed by atoms with Gasteiger partial charge in [-0.1, -0.05) is 44.5 Å².